The Morgan fingerprint density at radius 1 is 0.585 bits per heavy atom. The van der Waals surface area contributed by atoms with Crippen LogP contribution in [0.2, 0.25) is 0 Å². The van der Waals surface area contributed by atoms with Gasteiger partial charge in [-0.05, 0) is 53.9 Å². The van der Waals surface area contributed by atoms with Gasteiger partial charge in [-0.25, -0.2) is 0 Å². The summed E-state index contributed by atoms with van der Waals surface area (Å²) in [6.45, 7) is 2.85. The molecule has 0 N–H and O–H groups in total. The van der Waals surface area contributed by atoms with Crippen LogP contribution in [-0.4, -0.2) is 30.9 Å². The van der Waals surface area contributed by atoms with Gasteiger partial charge in [-0.1, -0.05) is 84.9 Å². The second kappa shape index (κ2) is 12.2. The quantitative estimate of drug-likeness (QED) is 0.169. The molecule has 1 saturated heterocycles. The highest BCUT2D eigenvalue weighted by molar-refractivity contribution is 6.25. The Balaban J connectivity index is 1.34. The first kappa shape index (κ1) is 33.1. The lowest BCUT2D eigenvalue weighted by molar-refractivity contribution is -0.143. The van der Waals surface area contributed by atoms with Gasteiger partial charge in [0, 0.05) is 57.3 Å². The molecule has 6 aromatic carbocycles. The van der Waals surface area contributed by atoms with Gasteiger partial charge in [0.1, 0.15) is 5.75 Å². The number of hydrogen-bond donors (Lipinski definition) is 0. The average molecular weight is 721 g/mol. The Labute approximate surface area is 300 Å². The molecule has 0 amide bonds. The van der Waals surface area contributed by atoms with Crippen molar-refractivity contribution in [3.8, 4) is 11.4 Å². The highest BCUT2D eigenvalue weighted by Crippen LogP contribution is 2.51. The Bertz CT molecular complexity index is 2520. The number of para-hydroxylation sites is 1. The van der Waals surface area contributed by atoms with Gasteiger partial charge < -0.3 is 18.9 Å². The fourth-order valence-electron chi connectivity index (χ4n) is 7.82. The maximum absolute atomic E-state index is 14.2. The van der Waals surface area contributed by atoms with E-state index in [9.17, 15) is 26.3 Å². The third-order valence-corrected chi connectivity index (χ3v) is 10.3. The molecule has 266 valence electrons. The Morgan fingerprint density at radius 3 is 1.83 bits per heavy atom. The Hall–Kier alpha value is -5.74. The minimum Gasteiger partial charge on any atom is -0.472 e. The van der Waals surface area contributed by atoms with E-state index in [4.69, 9.17) is 9.47 Å². The van der Waals surface area contributed by atoms with E-state index in [2.05, 4.69) is 17.0 Å². The standard InChI is InChI=1S/C43H30F6N2O2/c44-42(45,46)29-24-30(43(47,48)49)26-32(25-29)51-37-13-7-6-12-35(37)38-33-10-4-5-11-34(33)40-36(39(38)51)18-19-41(53-40,27-8-2-1-3-9-27)28-14-16-31(17-15-28)50-20-22-52-23-21-50/h1-19,24-26H,20-23H2. The largest absolute Gasteiger partial charge is 0.472 e. The summed E-state index contributed by atoms with van der Waals surface area (Å²) in [5.74, 6) is 0.462. The van der Waals surface area contributed by atoms with Crippen molar-refractivity contribution >= 4 is 44.3 Å². The number of aromatic nitrogens is 1. The van der Waals surface area contributed by atoms with Crippen LogP contribution in [0, 0.1) is 0 Å². The Morgan fingerprint density at radius 2 is 1.17 bits per heavy atom. The van der Waals surface area contributed by atoms with Crippen molar-refractivity contribution in [2.45, 2.75) is 18.0 Å². The molecule has 10 heteroatoms. The van der Waals surface area contributed by atoms with Gasteiger partial charge in [-0.2, -0.15) is 26.3 Å². The van der Waals surface area contributed by atoms with E-state index < -0.39 is 29.1 Å². The average Bonchev–Trinajstić information content (AvgIpc) is 3.53. The number of fused-ring (bicyclic) bond motifs is 8. The molecule has 0 bridgehead atoms. The molecule has 2 aliphatic rings. The zero-order chi connectivity index (χ0) is 36.5. The fourth-order valence-corrected chi connectivity index (χ4v) is 7.82. The van der Waals surface area contributed by atoms with Gasteiger partial charge in [-0.15, -0.1) is 0 Å². The van der Waals surface area contributed by atoms with Crippen LogP contribution < -0.4 is 9.64 Å². The molecule has 1 unspecified atom stereocenters. The lowest BCUT2D eigenvalue weighted by atomic mass is 9.82. The number of ether oxygens (including phenoxy) is 2. The van der Waals surface area contributed by atoms with Crippen molar-refractivity contribution in [1.29, 1.82) is 0 Å². The maximum atomic E-state index is 14.2. The van der Waals surface area contributed by atoms with Gasteiger partial charge in [-0.3, -0.25) is 0 Å². The fraction of sp³-hybridized carbons (Fsp3) is 0.163. The number of morpholine rings is 1. The van der Waals surface area contributed by atoms with Gasteiger partial charge in [0.15, 0.2) is 5.60 Å². The van der Waals surface area contributed by atoms with Gasteiger partial charge in [0.2, 0.25) is 0 Å². The summed E-state index contributed by atoms with van der Waals surface area (Å²) < 4.78 is 99.5. The number of benzene rings is 6. The number of halogens is 6. The van der Waals surface area contributed by atoms with Crippen molar-refractivity contribution < 1.29 is 35.8 Å². The zero-order valence-corrected chi connectivity index (χ0v) is 28.0. The van der Waals surface area contributed by atoms with Gasteiger partial charge in [0.05, 0.1) is 35.4 Å². The lowest BCUT2D eigenvalue weighted by Crippen LogP contribution is -2.36. The molecule has 2 aliphatic heterocycles. The van der Waals surface area contributed by atoms with E-state index in [-0.39, 0.29) is 11.8 Å². The summed E-state index contributed by atoms with van der Waals surface area (Å²) in [5.41, 5.74) is 0.0188. The third-order valence-electron chi connectivity index (χ3n) is 10.3. The van der Waals surface area contributed by atoms with Crippen LogP contribution in [0.5, 0.6) is 5.75 Å². The first-order valence-electron chi connectivity index (χ1n) is 17.2. The number of anilines is 1. The predicted octanol–water partition coefficient (Wildman–Crippen LogP) is 11.2. The molecule has 0 spiro atoms. The molecule has 4 nitrogen and oxygen atoms in total. The highest BCUT2D eigenvalue weighted by atomic mass is 19.4. The van der Waals surface area contributed by atoms with E-state index in [0.717, 1.165) is 52.8 Å². The van der Waals surface area contributed by atoms with E-state index >= 15 is 0 Å². The van der Waals surface area contributed by atoms with Crippen molar-refractivity contribution in [2.24, 2.45) is 0 Å². The predicted molar refractivity (Wildman–Crippen MR) is 195 cm³/mol. The topological polar surface area (TPSA) is 26.6 Å². The van der Waals surface area contributed by atoms with Gasteiger partial charge in [0.25, 0.3) is 0 Å². The first-order valence-corrected chi connectivity index (χ1v) is 17.2. The van der Waals surface area contributed by atoms with Gasteiger partial charge >= 0.3 is 12.4 Å². The molecular weight excluding hydrogens is 690 g/mol. The van der Waals surface area contributed by atoms with Crippen LogP contribution >= 0.6 is 0 Å². The molecule has 1 aromatic heterocycles. The van der Waals surface area contributed by atoms with Crippen molar-refractivity contribution in [2.75, 3.05) is 31.2 Å². The van der Waals surface area contributed by atoms with E-state index in [1.165, 1.54) is 4.57 Å². The molecule has 1 atom stereocenters. The molecule has 0 radical (unpaired) electrons. The molecule has 9 rings (SSSR count). The summed E-state index contributed by atoms with van der Waals surface area (Å²) in [6, 6.07) is 34.3. The van der Waals surface area contributed by atoms with Crippen LogP contribution in [0.15, 0.2) is 127 Å². The van der Waals surface area contributed by atoms with Crippen LogP contribution in [0.4, 0.5) is 32.0 Å². The normalized spacial score (nSPS) is 17.7. The first-order chi connectivity index (χ1) is 25.5. The molecule has 7 aromatic rings. The van der Waals surface area contributed by atoms with Crippen LogP contribution in [0.1, 0.15) is 27.8 Å². The molecule has 0 aliphatic carbocycles. The molecule has 0 saturated carbocycles. The number of rotatable bonds is 4. The second-order valence-electron chi connectivity index (χ2n) is 13.3. The smallest absolute Gasteiger partial charge is 0.416 e. The summed E-state index contributed by atoms with van der Waals surface area (Å²) >= 11 is 0. The second-order valence-corrected chi connectivity index (χ2v) is 13.3. The summed E-state index contributed by atoms with van der Waals surface area (Å²) in [6.07, 6.45) is -6.21. The van der Waals surface area contributed by atoms with Crippen molar-refractivity contribution in [3.05, 3.63) is 155 Å². The van der Waals surface area contributed by atoms with Crippen LogP contribution in [0.25, 0.3) is 44.3 Å². The molecular formula is C43H30F6N2O2. The number of nitrogens with zero attached hydrogens (tertiary/aromatic N) is 2. The van der Waals surface area contributed by atoms with E-state index in [1.807, 2.05) is 84.9 Å². The van der Waals surface area contributed by atoms with Crippen molar-refractivity contribution in [1.82, 2.24) is 4.57 Å². The van der Waals surface area contributed by atoms with E-state index in [0.29, 0.717) is 46.3 Å². The monoisotopic (exact) mass is 720 g/mol. The number of hydrogen-bond acceptors (Lipinski definition) is 3. The summed E-state index contributed by atoms with van der Waals surface area (Å²) in [5, 5.41) is 2.88. The minimum atomic E-state index is -5.02. The third kappa shape index (κ3) is 5.42. The van der Waals surface area contributed by atoms with Crippen molar-refractivity contribution in [3.63, 3.8) is 0 Å². The minimum absolute atomic E-state index is 0.157. The van der Waals surface area contributed by atoms with Crippen LogP contribution in [-0.2, 0) is 22.7 Å². The summed E-state index contributed by atoms with van der Waals surface area (Å²) in [4.78, 5) is 2.26. The number of alkyl halides is 6. The Kier molecular flexibility index (Phi) is 7.60. The highest BCUT2D eigenvalue weighted by Gasteiger charge is 2.40. The molecule has 1 fully saturated rings. The summed E-state index contributed by atoms with van der Waals surface area (Å²) in [7, 11) is 0. The lowest BCUT2D eigenvalue weighted by Gasteiger charge is -2.37. The molecule has 53 heavy (non-hydrogen) atoms. The SMILES string of the molecule is FC(F)(F)c1cc(-n2c3ccccc3c3c4ccccc4c4c(c32)C=CC(c2ccccc2)(c2ccc(N3CCOCC3)cc2)O4)cc(C(F)(F)F)c1. The zero-order valence-electron chi connectivity index (χ0n) is 28.0. The van der Waals surface area contributed by atoms with E-state index in [1.54, 1.807) is 18.2 Å². The molecule has 3 heterocycles. The maximum Gasteiger partial charge on any atom is 0.416 e. The van der Waals surface area contributed by atoms with Crippen LogP contribution in [0.3, 0.4) is 0 Å².